The molecule has 1 unspecified atom stereocenters. The molecule has 1 aromatic heterocycles. The smallest absolute Gasteiger partial charge is 0.313 e. The number of nitrogens with zero attached hydrogens (tertiary/aromatic N) is 2. The van der Waals surface area contributed by atoms with Crippen molar-refractivity contribution in [2.45, 2.75) is 5.92 Å². The fourth-order valence-electron chi connectivity index (χ4n) is 1.92. The van der Waals surface area contributed by atoms with Crippen molar-refractivity contribution in [2.75, 3.05) is 32.8 Å². The van der Waals surface area contributed by atoms with Crippen LogP contribution in [0.25, 0.3) is 0 Å². The maximum atomic E-state index is 11.3. The van der Waals surface area contributed by atoms with Crippen LogP contribution >= 0.6 is 0 Å². The third-order valence-electron chi connectivity index (χ3n) is 2.89. The minimum atomic E-state index is -0.824. The SMILES string of the molecule is O=C(O)C(CN1CCOCC1)c1ccccn1. The van der Waals surface area contributed by atoms with Crippen molar-refractivity contribution in [1.82, 2.24) is 9.88 Å². The Morgan fingerprint density at radius 2 is 2.24 bits per heavy atom. The Labute approximate surface area is 100 Å². The van der Waals surface area contributed by atoms with Crippen LogP contribution in [-0.2, 0) is 9.53 Å². The van der Waals surface area contributed by atoms with Crippen molar-refractivity contribution in [3.63, 3.8) is 0 Å². The Balaban J connectivity index is 2.05. The Kier molecular flexibility index (Phi) is 4.06. The van der Waals surface area contributed by atoms with Gasteiger partial charge in [-0.2, -0.15) is 0 Å². The molecule has 1 fully saturated rings. The second kappa shape index (κ2) is 5.75. The fourth-order valence-corrected chi connectivity index (χ4v) is 1.92. The van der Waals surface area contributed by atoms with E-state index in [0.29, 0.717) is 25.5 Å². The standard InChI is InChI=1S/C12H16N2O3/c15-12(16)10(11-3-1-2-4-13-11)9-14-5-7-17-8-6-14/h1-4,10H,5-9H2,(H,15,16). The van der Waals surface area contributed by atoms with Gasteiger partial charge in [0.05, 0.1) is 18.9 Å². The molecule has 0 radical (unpaired) electrons. The van der Waals surface area contributed by atoms with E-state index in [1.807, 2.05) is 6.07 Å². The van der Waals surface area contributed by atoms with E-state index < -0.39 is 11.9 Å². The molecule has 1 N–H and O–H groups in total. The minimum absolute atomic E-state index is 0.496. The summed E-state index contributed by atoms with van der Waals surface area (Å²) in [6.07, 6.45) is 1.63. The molecule has 5 nitrogen and oxygen atoms in total. The second-order valence-corrected chi connectivity index (χ2v) is 4.06. The van der Waals surface area contributed by atoms with Gasteiger partial charge in [0.25, 0.3) is 0 Å². The molecule has 1 atom stereocenters. The molecule has 1 aliphatic rings. The number of carbonyl (C=O) groups is 1. The predicted octanol–water partition coefficient (Wildman–Crippen LogP) is 0.582. The van der Waals surface area contributed by atoms with Gasteiger partial charge in [0.2, 0.25) is 0 Å². The first-order valence-corrected chi connectivity index (χ1v) is 5.71. The zero-order valence-corrected chi connectivity index (χ0v) is 9.58. The maximum absolute atomic E-state index is 11.3. The molecule has 0 spiro atoms. The molecule has 2 heterocycles. The van der Waals surface area contributed by atoms with Gasteiger partial charge in [-0.05, 0) is 12.1 Å². The Hall–Kier alpha value is -1.46. The number of morpholine rings is 1. The first-order valence-electron chi connectivity index (χ1n) is 5.71. The largest absolute Gasteiger partial charge is 0.481 e. The highest BCUT2D eigenvalue weighted by molar-refractivity contribution is 5.75. The number of carboxylic acids is 1. The van der Waals surface area contributed by atoms with Crippen LogP contribution in [-0.4, -0.2) is 53.8 Å². The van der Waals surface area contributed by atoms with Crippen molar-refractivity contribution in [2.24, 2.45) is 0 Å². The van der Waals surface area contributed by atoms with Gasteiger partial charge in [-0.1, -0.05) is 6.07 Å². The second-order valence-electron chi connectivity index (χ2n) is 4.06. The van der Waals surface area contributed by atoms with Crippen molar-refractivity contribution in [3.05, 3.63) is 30.1 Å². The molecule has 5 heteroatoms. The molecule has 1 aromatic rings. The van der Waals surface area contributed by atoms with Crippen molar-refractivity contribution in [3.8, 4) is 0 Å². The minimum Gasteiger partial charge on any atom is -0.481 e. The van der Waals surface area contributed by atoms with Crippen LogP contribution in [0.5, 0.6) is 0 Å². The number of pyridine rings is 1. The quantitative estimate of drug-likeness (QED) is 0.828. The summed E-state index contributed by atoms with van der Waals surface area (Å²) in [4.78, 5) is 17.5. The highest BCUT2D eigenvalue weighted by Crippen LogP contribution is 2.15. The summed E-state index contributed by atoms with van der Waals surface area (Å²) in [7, 11) is 0. The van der Waals surface area contributed by atoms with E-state index >= 15 is 0 Å². The van der Waals surface area contributed by atoms with E-state index in [1.54, 1.807) is 18.3 Å². The molecule has 0 aliphatic carbocycles. The van der Waals surface area contributed by atoms with E-state index in [9.17, 15) is 9.90 Å². The molecule has 1 saturated heterocycles. The predicted molar refractivity (Wildman–Crippen MR) is 61.9 cm³/mol. The summed E-state index contributed by atoms with van der Waals surface area (Å²) < 4.78 is 5.24. The van der Waals surface area contributed by atoms with Crippen LogP contribution in [0.2, 0.25) is 0 Å². The first-order chi connectivity index (χ1) is 8.27. The van der Waals surface area contributed by atoms with Crippen molar-refractivity contribution < 1.29 is 14.6 Å². The van der Waals surface area contributed by atoms with Gasteiger partial charge in [0.1, 0.15) is 5.92 Å². The molecular formula is C12H16N2O3. The highest BCUT2D eigenvalue weighted by Gasteiger charge is 2.24. The van der Waals surface area contributed by atoms with Crippen LogP contribution < -0.4 is 0 Å². The van der Waals surface area contributed by atoms with Crippen LogP contribution in [0.3, 0.4) is 0 Å². The molecule has 0 aromatic carbocycles. The van der Waals surface area contributed by atoms with E-state index in [-0.39, 0.29) is 0 Å². The Bertz CT molecular complexity index is 363. The third-order valence-corrected chi connectivity index (χ3v) is 2.89. The zero-order chi connectivity index (χ0) is 12.1. The average molecular weight is 236 g/mol. The van der Waals surface area contributed by atoms with Gasteiger partial charge >= 0.3 is 5.97 Å². The lowest BCUT2D eigenvalue weighted by Crippen LogP contribution is -2.40. The van der Waals surface area contributed by atoms with Gasteiger partial charge < -0.3 is 9.84 Å². The topological polar surface area (TPSA) is 62.7 Å². The normalized spacial score (nSPS) is 18.8. The van der Waals surface area contributed by atoms with Gasteiger partial charge in [-0.15, -0.1) is 0 Å². The van der Waals surface area contributed by atoms with Gasteiger partial charge in [0.15, 0.2) is 0 Å². The summed E-state index contributed by atoms with van der Waals surface area (Å²) in [5, 5.41) is 9.26. The number of aliphatic carboxylic acids is 1. The summed E-state index contributed by atoms with van der Waals surface area (Å²) in [6, 6.07) is 5.37. The number of aromatic nitrogens is 1. The van der Waals surface area contributed by atoms with Crippen molar-refractivity contribution >= 4 is 5.97 Å². The number of rotatable bonds is 4. The van der Waals surface area contributed by atoms with Crippen molar-refractivity contribution in [1.29, 1.82) is 0 Å². The Morgan fingerprint density at radius 1 is 1.47 bits per heavy atom. The van der Waals surface area contributed by atoms with Crippen LogP contribution in [0.4, 0.5) is 0 Å². The number of hydrogen-bond donors (Lipinski definition) is 1. The lowest BCUT2D eigenvalue weighted by Gasteiger charge is -2.28. The molecule has 0 amide bonds. The zero-order valence-electron chi connectivity index (χ0n) is 9.58. The van der Waals surface area contributed by atoms with Crippen LogP contribution in [0.15, 0.2) is 24.4 Å². The molecular weight excluding hydrogens is 220 g/mol. The Morgan fingerprint density at radius 3 is 2.82 bits per heavy atom. The number of carboxylic acid groups (broad SMARTS) is 1. The molecule has 0 saturated carbocycles. The van der Waals surface area contributed by atoms with E-state index in [2.05, 4.69) is 9.88 Å². The third kappa shape index (κ3) is 3.25. The van der Waals surface area contributed by atoms with E-state index in [1.165, 1.54) is 0 Å². The number of ether oxygens (including phenoxy) is 1. The lowest BCUT2D eigenvalue weighted by molar-refractivity contribution is -0.139. The summed E-state index contributed by atoms with van der Waals surface area (Å²) in [5.41, 5.74) is 0.617. The lowest BCUT2D eigenvalue weighted by atomic mass is 10.0. The van der Waals surface area contributed by atoms with Gasteiger partial charge in [-0.3, -0.25) is 14.7 Å². The molecule has 2 rings (SSSR count). The summed E-state index contributed by atoms with van der Waals surface area (Å²) >= 11 is 0. The summed E-state index contributed by atoms with van der Waals surface area (Å²) in [6.45, 7) is 3.42. The maximum Gasteiger partial charge on any atom is 0.313 e. The summed E-state index contributed by atoms with van der Waals surface area (Å²) in [5.74, 6) is -1.38. The van der Waals surface area contributed by atoms with Crippen LogP contribution in [0.1, 0.15) is 11.6 Å². The highest BCUT2D eigenvalue weighted by atomic mass is 16.5. The van der Waals surface area contributed by atoms with E-state index in [0.717, 1.165) is 13.1 Å². The molecule has 92 valence electrons. The van der Waals surface area contributed by atoms with Gasteiger partial charge in [0, 0.05) is 25.8 Å². The van der Waals surface area contributed by atoms with Crippen LogP contribution in [0, 0.1) is 0 Å². The van der Waals surface area contributed by atoms with E-state index in [4.69, 9.17) is 4.74 Å². The monoisotopic (exact) mass is 236 g/mol. The average Bonchev–Trinajstić information content (AvgIpc) is 2.38. The molecule has 17 heavy (non-hydrogen) atoms. The van der Waals surface area contributed by atoms with Gasteiger partial charge in [-0.25, -0.2) is 0 Å². The first kappa shape index (κ1) is 12.0. The number of hydrogen-bond acceptors (Lipinski definition) is 4. The fraction of sp³-hybridized carbons (Fsp3) is 0.500. The molecule has 0 bridgehead atoms. The molecule has 1 aliphatic heterocycles.